The number of hydrogen-bond acceptors (Lipinski definition) is 4. The predicted octanol–water partition coefficient (Wildman–Crippen LogP) is 4.05. The Kier molecular flexibility index (Phi) is 6.84. The molecule has 0 spiro atoms. The lowest BCUT2D eigenvalue weighted by molar-refractivity contribution is -0.114. The molecule has 0 heterocycles. The van der Waals surface area contributed by atoms with Crippen LogP contribution in [0.5, 0.6) is 0 Å². The number of nitrogens with zero attached hydrogens (tertiary/aromatic N) is 1. The van der Waals surface area contributed by atoms with Crippen LogP contribution in [0.1, 0.15) is 39.6 Å². The van der Waals surface area contributed by atoms with Gasteiger partial charge in [0.05, 0.1) is 12.1 Å². The van der Waals surface area contributed by atoms with E-state index in [4.69, 9.17) is 0 Å². The number of hydrogen-bond donors (Lipinski definition) is 2. The molecule has 6 heteroatoms. The molecule has 150 valence electrons. The van der Waals surface area contributed by atoms with Crippen molar-refractivity contribution in [2.75, 3.05) is 5.32 Å². The van der Waals surface area contributed by atoms with Gasteiger partial charge in [0, 0.05) is 23.7 Å². The largest absolute Gasteiger partial charge is 0.326 e. The second kappa shape index (κ2) is 9.93. The van der Waals surface area contributed by atoms with Gasteiger partial charge in [-0.25, -0.2) is 5.43 Å². The molecule has 3 rings (SSSR count). The molecule has 2 N–H and O–H groups in total. The number of rotatable bonds is 7. The Bertz CT molecular complexity index is 1060. The summed E-state index contributed by atoms with van der Waals surface area (Å²) in [5.41, 5.74) is 5.31. The van der Waals surface area contributed by atoms with E-state index < -0.39 is 5.91 Å². The minimum absolute atomic E-state index is 0.0514. The van der Waals surface area contributed by atoms with Crippen LogP contribution in [0.2, 0.25) is 0 Å². The van der Waals surface area contributed by atoms with E-state index in [1.54, 1.807) is 48.5 Å². The van der Waals surface area contributed by atoms with Crippen LogP contribution in [0.25, 0.3) is 0 Å². The molecule has 0 saturated heterocycles. The first kappa shape index (κ1) is 20.7. The van der Waals surface area contributed by atoms with Crippen LogP contribution in [0.4, 0.5) is 5.69 Å². The number of hydrazone groups is 1. The first-order valence-electron chi connectivity index (χ1n) is 9.41. The van der Waals surface area contributed by atoms with Crippen LogP contribution < -0.4 is 10.7 Å². The summed E-state index contributed by atoms with van der Waals surface area (Å²) in [7, 11) is 0. The Morgan fingerprint density at radius 3 is 1.87 bits per heavy atom. The molecule has 30 heavy (non-hydrogen) atoms. The molecule has 2 amide bonds. The number of carbonyl (C=O) groups is 3. The second-order valence-corrected chi connectivity index (χ2v) is 6.59. The maximum Gasteiger partial charge on any atom is 0.271 e. The van der Waals surface area contributed by atoms with E-state index >= 15 is 0 Å². The van der Waals surface area contributed by atoms with Gasteiger partial charge in [0.25, 0.3) is 5.91 Å². The molecule has 3 aromatic carbocycles. The van der Waals surface area contributed by atoms with E-state index in [0.717, 1.165) is 5.56 Å². The summed E-state index contributed by atoms with van der Waals surface area (Å²) in [5, 5.41) is 6.88. The summed E-state index contributed by atoms with van der Waals surface area (Å²) >= 11 is 0. The van der Waals surface area contributed by atoms with Gasteiger partial charge in [0.15, 0.2) is 5.78 Å². The smallest absolute Gasteiger partial charge is 0.271 e. The molecule has 0 saturated carbocycles. The SMILES string of the molecule is CC(=O)Nc1ccc(C(=O)N/N=C(\CC(=O)c2ccccc2)c2ccccc2)cc1. The minimum atomic E-state index is -0.412. The van der Waals surface area contributed by atoms with E-state index in [0.29, 0.717) is 22.5 Å². The van der Waals surface area contributed by atoms with Crippen molar-refractivity contribution >= 4 is 29.0 Å². The van der Waals surface area contributed by atoms with Crippen molar-refractivity contribution in [3.8, 4) is 0 Å². The average molecular weight is 399 g/mol. The van der Waals surface area contributed by atoms with Crippen molar-refractivity contribution in [1.29, 1.82) is 0 Å². The molecule has 6 nitrogen and oxygen atoms in total. The summed E-state index contributed by atoms with van der Waals surface area (Å²) in [5.74, 6) is -0.690. The van der Waals surface area contributed by atoms with Gasteiger partial charge in [-0.05, 0) is 29.8 Å². The summed E-state index contributed by atoms with van der Waals surface area (Å²) in [6.07, 6.45) is 0.0514. The zero-order chi connectivity index (χ0) is 21.3. The highest BCUT2D eigenvalue weighted by Gasteiger charge is 2.13. The van der Waals surface area contributed by atoms with Gasteiger partial charge in [-0.1, -0.05) is 60.7 Å². The lowest BCUT2D eigenvalue weighted by Gasteiger charge is -2.08. The van der Waals surface area contributed by atoms with Crippen LogP contribution in [0.3, 0.4) is 0 Å². The number of Topliss-reactive ketones (excluding diaryl/α,β-unsaturated/α-hetero) is 1. The first-order valence-corrected chi connectivity index (χ1v) is 9.41. The van der Waals surface area contributed by atoms with Crippen molar-refractivity contribution in [2.45, 2.75) is 13.3 Å². The lowest BCUT2D eigenvalue weighted by atomic mass is 10.0. The van der Waals surface area contributed by atoms with Crippen LogP contribution in [0.15, 0.2) is 90.0 Å². The van der Waals surface area contributed by atoms with Crippen molar-refractivity contribution in [2.24, 2.45) is 5.10 Å². The zero-order valence-electron chi connectivity index (χ0n) is 16.5. The Morgan fingerprint density at radius 2 is 1.30 bits per heavy atom. The van der Waals surface area contributed by atoms with Gasteiger partial charge in [-0.15, -0.1) is 0 Å². The van der Waals surface area contributed by atoms with Crippen LogP contribution in [0, 0.1) is 0 Å². The van der Waals surface area contributed by atoms with Crippen LogP contribution in [-0.4, -0.2) is 23.3 Å². The fourth-order valence-electron chi connectivity index (χ4n) is 2.81. The molecular weight excluding hydrogens is 378 g/mol. The van der Waals surface area contributed by atoms with E-state index in [2.05, 4.69) is 15.8 Å². The van der Waals surface area contributed by atoms with Crippen molar-refractivity contribution in [3.63, 3.8) is 0 Å². The maximum atomic E-state index is 12.6. The highest BCUT2D eigenvalue weighted by Crippen LogP contribution is 2.11. The molecule has 0 aromatic heterocycles. The lowest BCUT2D eigenvalue weighted by Crippen LogP contribution is -2.21. The molecule has 0 aliphatic carbocycles. The Morgan fingerprint density at radius 1 is 0.733 bits per heavy atom. The van der Waals surface area contributed by atoms with E-state index in [-0.39, 0.29) is 18.1 Å². The van der Waals surface area contributed by atoms with Crippen molar-refractivity contribution in [3.05, 3.63) is 102 Å². The summed E-state index contributed by atoms with van der Waals surface area (Å²) in [6.45, 7) is 1.41. The highest BCUT2D eigenvalue weighted by molar-refractivity contribution is 6.16. The molecule has 3 aromatic rings. The quantitative estimate of drug-likeness (QED) is 0.357. The topological polar surface area (TPSA) is 87.6 Å². The third-order valence-corrected chi connectivity index (χ3v) is 4.29. The van der Waals surface area contributed by atoms with Gasteiger partial charge >= 0.3 is 0 Å². The van der Waals surface area contributed by atoms with Crippen LogP contribution >= 0.6 is 0 Å². The highest BCUT2D eigenvalue weighted by atomic mass is 16.2. The van der Waals surface area contributed by atoms with Gasteiger partial charge in [0.2, 0.25) is 5.91 Å². The average Bonchev–Trinajstić information content (AvgIpc) is 2.77. The normalized spacial score (nSPS) is 10.9. The number of anilines is 1. The molecule has 0 aliphatic heterocycles. The van der Waals surface area contributed by atoms with E-state index in [1.807, 2.05) is 36.4 Å². The minimum Gasteiger partial charge on any atom is -0.326 e. The molecule has 0 aliphatic rings. The zero-order valence-corrected chi connectivity index (χ0v) is 16.5. The molecule has 0 unspecified atom stereocenters. The molecule has 0 radical (unpaired) electrons. The summed E-state index contributed by atoms with van der Waals surface area (Å²) < 4.78 is 0. The van der Waals surface area contributed by atoms with Crippen molar-refractivity contribution < 1.29 is 14.4 Å². The fourth-order valence-corrected chi connectivity index (χ4v) is 2.81. The molecule has 0 fully saturated rings. The second-order valence-electron chi connectivity index (χ2n) is 6.59. The fraction of sp³-hybridized carbons (Fsp3) is 0.0833. The molecular formula is C24H21N3O3. The van der Waals surface area contributed by atoms with Gasteiger partial charge in [0.1, 0.15) is 0 Å². The van der Waals surface area contributed by atoms with Crippen molar-refractivity contribution in [1.82, 2.24) is 5.43 Å². The summed E-state index contributed by atoms with van der Waals surface area (Å²) in [4.78, 5) is 36.2. The standard InChI is InChI=1S/C24H21N3O3/c1-17(28)25-21-14-12-20(13-15-21)24(30)27-26-22(18-8-4-2-5-9-18)16-23(29)19-10-6-3-7-11-19/h2-15H,16H2,1H3,(H,25,28)(H,27,30)/b26-22+. The van der Waals surface area contributed by atoms with E-state index in [9.17, 15) is 14.4 Å². The third-order valence-electron chi connectivity index (χ3n) is 4.29. The number of benzene rings is 3. The molecule has 0 atom stereocenters. The Hall–Kier alpha value is -4.06. The van der Waals surface area contributed by atoms with Crippen LogP contribution in [-0.2, 0) is 4.79 Å². The maximum absolute atomic E-state index is 12.6. The first-order chi connectivity index (χ1) is 14.5. The number of amides is 2. The number of carbonyl (C=O) groups excluding carboxylic acids is 3. The monoisotopic (exact) mass is 399 g/mol. The summed E-state index contributed by atoms with van der Waals surface area (Å²) in [6, 6.07) is 24.7. The van der Waals surface area contributed by atoms with Gasteiger partial charge in [-0.3, -0.25) is 14.4 Å². The van der Waals surface area contributed by atoms with Gasteiger partial charge in [-0.2, -0.15) is 5.10 Å². The number of ketones is 1. The number of nitrogens with one attached hydrogen (secondary N) is 2. The third kappa shape index (κ3) is 5.72. The van der Waals surface area contributed by atoms with E-state index in [1.165, 1.54) is 6.92 Å². The predicted molar refractivity (Wildman–Crippen MR) is 117 cm³/mol. The van der Waals surface area contributed by atoms with Gasteiger partial charge < -0.3 is 5.32 Å². The molecule has 0 bridgehead atoms. The Labute approximate surface area is 174 Å². The Balaban J connectivity index is 1.77.